The van der Waals surface area contributed by atoms with Gasteiger partial charge in [0.1, 0.15) is 11.6 Å². The van der Waals surface area contributed by atoms with Gasteiger partial charge in [0.15, 0.2) is 5.82 Å². The van der Waals surface area contributed by atoms with Crippen molar-refractivity contribution < 1.29 is 18.4 Å². The van der Waals surface area contributed by atoms with Crippen LogP contribution in [0, 0.1) is 11.6 Å². The first-order valence-electron chi connectivity index (χ1n) is 9.38. The third kappa shape index (κ3) is 6.74. The summed E-state index contributed by atoms with van der Waals surface area (Å²) in [7, 11) is 1.69. The van der Waals surface area contributed by atoms with E-state index >= 15 is 0 Å². The largest absolute Gasteiger partial charge is 0.348 e. The predicted molar refractivity (Wildman–Crippen MR) is 115 cm³/mol. The molecule has 0 aliphatic carbocycles. The van der Waals surface area contributed by atoms with Crippen LogP contribution in [0.4, 0.5) is 14.6 Å². The van der Waals surface area contributed by atoms with Crippen LogP contribution in [0.3, 0.4) is 0 Å². The zero-order chi connectivity index (χ0) is 22.2. The van der Waals surface area contributed by atoms with Crippen LogP contribution in [-0.4, -0.2) is 21.6 Å². The van der Waals surface area contributed by atoms with Gasteiger partial charge >= 0.3 is 0 Å². The fraction of sp³-hybridized carbons (Fsp3) is 0.0870. The molecule has 8 heteroatoms. The van der Waals surface area contributed by atoms with Gasteiger partial charge in [-0.05, 0) is 47.5 Å². The minimum absolute atomic E-state index is 0.128. The van der Waals surface area contributed by atoms with Gasteiger partial charge in [0.25, 0.3) is 0 Å². The Morgan fingerprint density at radius 1 is 0.968 bits per heavy atom. The van der Waals surface area contributed by atoms with Crippen LogP contribution in [0.1, 0.15) is 16.7 Å². The van der Waals surface area contributed by atoms with E-state index in [1.807, 2.05) is 0 Å². The first-order valence-corrected chi connectivity index (χ1v) is 9.38. The van der Waals surface area contributed by atoms with Crippen molar-refractivity contribution in [2.24, 2.45) is 7.05 Å². The number of nitrogens with zero attached hydrogens (tertiary/aromatic N) is 2. The molecule has 1 heterocycles. The van der Waals surface area contributed by atoms with Gasteiger partial charge in [-0.25, -0.2) is 8.78 Å². The topological polar surface area (TPSA) is 76.0 Å². The Balaban J connectivity index is 1.58. The molecule has 0 unspecified atom stereocenters. The molecule has 0 bridgehead atoms. The Morgan fingerprint density at radius 3 is 2.13 bits per heavy atom. The van der Waals surface area contributed by atoms with Crippen molar-refractivity contribution in [1.29, 1.82) is 0 Å². The third-order valence-corrected chi connectivity index (χ3v) is 4.15. The summed E-state index contributed by atoms with van der Waals surface area (Å²) in [5.74, 6) is -1.30. The summed E-state index contributed by atoms with van der Waals surface area (Å²) in [6, 6.07) is 11.7. The summed E-state index contributed by atoms with van der Waals surface area (Å²) in [5.41, 5.74) is 1.71. The Hall–Kier alpha value is -4.07. The summed E-state index contributed by atoms with van der Waals surface area (Å²) < 4.78 is 27.9. The number of halogens is 2. The lowest BCUT2D eigenvalue weighted by Gasteiger charge is -2.04. The van der Waals surface area contributed by atoms with Crippen LogP contribution in [0.2, 0.25) is 0 Å². The number of amides is 2. The number of aryl methyl sites for hydroxylation is 1. The molecular formula is C23H20F2N4O2. The predicted octanol–water partition coefficient (Wildman–Crippen LogP) is 3.68. The smallest absolute Gasteiger partial charge is 0.249 e. The lowest BCUT2D eigenvalue weighted by Crippen LogP contribution is -2.21. The summed E-state index contributed by atoms with van der Waals surface area (Å²) in [6.07, 6.45) is 7.22. The van der Waals surface area contributed by atoms with Gasteiger partial charge in [0.05, 0.1) is 0 Å². The maximum atomic E-state index is 13.2. The highest BCUT2D eigenvalue weighted by Crippen LogP contribution is 2.13. The zero-order valence-electron chi connectivity index (χ0n) is 16.7. The Labute approximate surface area is 177 Å². The van der Waals surface area contributed by atoms with E-state index in [4.69, 9.17) is 0 Å². The summed E-state index contributed by atoms with van der Waals surface area (Å²) in [5, 5.41) is 9.51. The number of carbonyl (C=O) groups is 2. The lowest BCUT2D eigenvalue weighted by molar-refractivity contribution is -0.116. The molecule has 0 aliphatic rings. The molecule has 0 saturated heterocycles. The highest BCUT2D eigenvalue weighted by Gasteiger charge is 2.10. The number of aromatic nitrogens is 2. The molecule has 31 heavy (non-hydrogen) atoms. The minimum atomic E-state index is -0.443. The Bertz CT molecular complexity index is 1150. The van der Waals surface area contributed by atoms with Crippen LogP contribution in [-0.2, 0) is 23.2 Å². The van der Waals surface area contributed by atoms with E-state index in [0.717, 1.165) is 0 Å². The van der Waals surface area contributed by atoms with Crippen molar-refractivity contribution in [3.05, 3.63) is 95.2 Å². The quantitative estimate of drug-likeness (QED) is 0.571. The van der Waals surface area contributed by atoms with Gasteiger partial charge in [0.2, 0.25) is 11.8 Å². The van der Waals surface area contributed by atoms with E-state index in [1.165, 1.54) is 53.3 Å². The third-order valence-electron chi connectivity index (χ3n) is 4.15. The average molecular weight is 422 g/mol. The molecule has 3 rings (SSSR count). The van der Waals surface area contributed by atoms with E-state index in [2.05, 4.69) is 15.7 Å². The molecule has 0 saturated carbocycles. The van der Waals surface area contributed by atoms with Crippen molar-refractivity contribution in [2.75, 3.05) is 5.32 Å². The van der Waals surface area contributed by atoms with Gasteiger partial charge in [-0.15, -0.1) is 0 Å². The van der Waals surface area contributed by atoms with E-state index in [0.29, 0.717) is 22.5 Å². The van der Waals surface area contributed by atoms with Crippen LogP contribution in [0.5, 0.6) is 0 Å². The second-order valence-corrected chi connectivity index (χ2v) is 6.66. The first-order chi connectivity index (χ1) is 14.9. The second kappa shape index (κ2) is 10.1. The van der Waals surface area contributed by atoms with Crippen molar-refractivity contribution >= 4 is 29.8 Å². The molecule has 0 fully saturated rings. The normalized spacial score (nSPS) is 11.2. The number of hydrogen-bond donors (Lipinski definition) is 2. The zero-order valence-corrected chi connectivity index (χ0v) is 16.7. The number of hydrogen-bond acceptors (Lipinski definition) is 3. The van der Waals surface area contributed by atoms with E-state index < -0.39 is 11.7 Å². The number of benzene rings is 2. The number of carbonyl (C=O) groups excluding carboxylic acids is 2. The van der Waals surface area contributed by atoms with Crippen LogP contribution >= 0.6 is 0 Å². The Morgan fingerprint density at radius 2 is 1.55 bits per heavy atom. The maximum Gasteiger partial charge on any atom is 0.249 e. The molecule has 2 amide bonds. The Kier molecular flexibility index (Phi) is 7.05. The molecule has 0 aliphatic heterocycles. The van der Waals surface area contributed by atoms with E-state index in [-0.39, 0.29) is 18.3 Å². The van der Waals surface area contributed by atoms with Crippen LogP contribution in [0.15, 0.2) is 66.9 Å². The molecule has 2 aromatic carbocycles. The van der Waals surface area contributed by atoms with Gasteiger partial charge < -0.3 is 10.6 Å². The van der Waals surface area contributed by atoms with E-state index in [1.54, 1.807) is 37.5 Å². The second-order valence-electron chi connectivity index (χ2n) is 6.66. The monoisotopic (exact) mass is 422 g/mol. The van der Waals surface area contributed by atoms with E-state index in [9.17, 15) is 18.4 Å². The van der Waals surface area contributed by atoms with Crippen molar-refractivity contribution in [2.45, 2.75) is 6.54 Å². The molecule has 2 N–H and O–H groups in total. The summed E-state index contributed by atoms with van der Waals surface area (Å²) in [4.78, 5) is 24.2. The molecule has 158 valence electrons. The number of anilines is 1. The van der Waals surface area contributed by atoms with Gasteiger partial charge in [-0.2, -0.15) is 5.10 Å². The van der Waals surface area contributed by atoms with Crippen LogP contribution in [0.25, 0.3) is 12.2 Å². The van der Waals surface area contributed by atoms with Crippen molar-refractivity contribution in [3.63, 3.8) is 0 Å². The average Bonchev–Trinajstić information content (AvgIpc) is 3.08. The summed E-state index contributed by atoms with van der Waals surface area (Å²) >= 11 is 0. The van der Waals surface area contributed by atoms with Gasteiger partial charge in [0, 0.05) is 37.5 Å². The fourth-order valence-corrected chi connectivity index (χ4v) is 2.74. The SMILES string of the molecule is Cn1cc(CNC(=O)/C=C/c2cccc(F)c2)c(NC(=O)/C=C/c2cccc(F)c2)n1. The highest BCUT2D eigenvalue weighted by molar-refractivity contribution is 6.01. The standard InChI is InChI=1S/C23H20F2N4O2/c1-29-15-18(14-26-21(30)10-8-16-4-2-6-19(24)12-16)23(28-29)27-22(31)11-9-17-5-3-7-20(25)13-17/h2-13,15H,14H2,1H3,(H,26,30)(H,27,28,31)/b10-8+,11-9+. The molecule has 3 aromatic rings. The van der Waals surface area contributed by atoms with Crippen molar-refractivity contribution in [1.82, 2.24) is 15.1 Å². The molecule has 0 radical (unpaired) electrons. The van der Waals surface area contributed by atoms with Gasteiger partial charge in [-0.1, -0.05) is 24.3 Å². The highest BCUT2D eigenvalue weighted by atomic mass is 19.1. The minimum Gasteiger partial charge on any atom is -0.348 e. The molecule has 6 nitrogen and oxygen atoms in total. The first kappa shape index (κ1) is 21.6. The van der Waals surface area contributed by atoms with Crippen molar-refractivity contribution in [3.8, 4) is 0 Å². The molecule has 1 aromatic heterocycles. The molecule has 0 spiro atoms. The lowest BCUT2D eigenvalue weighted by atomic mass is 10.2. The van der Waals surface area contributed by atoms with Gasteiger partial charge in [-0.3, -0.25) is 14.3 Å². The maximum absolute atomic E-state index is 13.2. The molecule has 0 atom stereocenters. The number of rotatable bonds is 7. The van der Waals surface area contributed by atoms with Crippen LogP contribution < -0.4 is 10.6 Å². The number of nitrogens with one attached hydrogen (secondary N) is 2. The fourth-order valence-electron chi connectivity index (χ4n) is 2.74. The molecular weight excluding hydrogens is 402 g/mol. The summed E-state index contributed by atoms with van der Waals surface area (Å²) in [6.45, 7) is 0.128.